The molecule has 0 bridgehead atoms. The van der Waals surface area contributed by atoms with E-state index in [1.165, 1.54) is 29.1 Å². The molecular formula is C20H18ClFN4O2. The van der Waals surface area contributed by atoms with Crippen LogP contribution in [0, 0.1) is 5.82 Å². The van der Waals surface area contributed by atoms with E-state index in [0.717, 1.165) is 5.69 Å². The van der Waals surface area contributed by atoms with Crippen LogP contribution in [0.15, 0.2) is 53.6 Å². The summed E-state index contributed by atoms with van der Waals surface area (Å²) in [4.78, 5) is 33.2. The number of benzene rings is 2. The number of rotatable bonds is 3. The van der Waals surface area contributed by atoms with Gasteiger partial charge in [0.25, 0.3) is 5.56 Å². The minimum absolute atomic E-state index is 0.0870. The third kappa shape index (κ3) is 3.71. The number of nitrogens with zero attached hydrogens (tertiary/aromatic N) is 4. The van der Waals surface area contributed by atoms with Crippen molar-refractivity contribution in [1.82, 2.24) is 14.5 Å². The van der Waals surface area contributed by atoms with Crippen LogP contribution in [0.2, 0.25) is 5.02 Å². The number of carbonyl (C=O) groups is 1. The minimum Gasteiger partial charge on any atom is -0.368 e. The molecule has 0 saturated carbocycles. The van der Waals surface area contributed by atoms with Crippen molar-refractivity contribution in [1.29, 1.82) is 0 Å². The van der Waals surface area contributed by atoms with Crippen molar-refractivity contribution >= 4 is 34.1 Å². The number of hydrogen-bond acceptors (Lipinski definition) is 4. The maximum absolute atomic E-state index is 13.3. The summed E-state index contributed by atoms with van der Waals surface area (Å²) in [5, 5.41) is 0.974. The molecule has 28 heavy (non-hydrogen) atoms. The molecule has 1 saturated heterocycles. The molecule has 2 aromatic carbocycles. The highest BCUT2D eigenvalue weighted by Gasteiger charge is 2.22. The highest BCUT2D eigenvalue weighted by atomic mass is 35.5. The average Bonchev–Trinajstić information content (AvgIpc) is 2.70. The van der Waals surface area contributed by atoms with E-state index in [4.69, 9.17) is 11.6 Å². The Morgan fingerprint density at radius 2 is 1.89 bits per heavy atom. The Balaban J connectivity index is 1.44. The second kappa shape index (κ2) is 7.59. The van der Waals surface area contributed by atoms with Crippen molar-refractivity contribution < 1.29 is 9.18 Å². The van der Waals surface area contributed by atoms with Gasteiger partial charge in [0.1, 0.15) is 12.4 Å². The molecule has 0 atom stereocenters. The second-order valence-electron chi connectivity index (χ2n) is 6.69. The summed E-state index contributed by atoms with van der Waals surface area (Å²) in [6.07, 6.45) is 1.30. The van der Waals surface area contributed by atoms with E-state index in [0.29, 0.717) is 36.6 Å². The molecule has 1 fully saturated rings. The van der Waals surface area contributed by atoms with Crippen LogP contribution in [0.4, 0.5) is 10.1 Å². The fourth-order valence-electron chi connectivity index (χ4n) is 3.38. The molecule has 6 nitrogen and oxygen atoms in total. The molecule has 1 aliphatic heterocycles. The Kier molecular flexibility index (Phi) is 5.00. The van der Waals surface area contributed by atoms with Crippen LogP contribution in [0.5, 0.6) is 0 Å². The molecule has 8 heteroatoms. The van der Waals surface area contributed by atoms with Gasteiger partial charge in [-0.1, -0.05) is 17.7 Å². The fourth-order valence-corrected chi connectivity index (χ4v) is 3.56. The van der Waals surface area contributed by atoms with Gasteiger partial charge < -0.3 is 9.80 Å². The van der Waals surface area contributed by atoms with E-state index in [9.17, 15) is 14.0 Å². The van der Waals surface area contributed by atoms with Gasteiger partial charge in [0, 0.05) is 43.0 Å². The Hall–Kier alpha value is -2.93. The molecule has 1 amide bonds. The van der Waals surface area contributed by atoms with Gasteiger partial charge in [-0.15, -0.1) is 0 Å². The normalized spacial score (nSPS) is 14.5. The van der Waals surface area contributed by atoms with Crippen molar-refractivity contribution in [3.8, 4) is 0 Å². The SMILES string of the molecule is O=C(Cn1cnc2cc(F)ccc2c1=O)N1CCN(c2cccc(Cl)c2)CC1. The predicted octanol–water partition coefficient (Wildman–Crippen LogP) is 2.54. The van der Waals surface area contributed by atoms with Crippen molar-refractivity contribution in [2.45, 2.75) is 6.54 Å². The lowest BCUT2D eigenvalue weighted by Gasteiger charge is -2.36. The van der Waals surface area contributed by atoms with E-state index in [1.807, 2.05) is 24.3 Å². The predicted molar refractivity (Wildman–Crippen MR) is 106 cm³/mol. The molecule has 3 aromatic rings. The number of halogens is 2. The van der Waals surface area contributed by atoms with E-state index in [-0.39, 0.29) is 23.5 Å². The summed E-state index contributed by atoms with van der Waals surface area (Å²) >= 11 is 6.05. The van der Waals surface area contributed by atoms with Gasteiger partial charge in [0.2, 0.25) is 5.91 Å². The summed E-state index contributed by atoms with van der Waals surface area (Å²) in [5.41, 5.74) is 0.960. The van der Waals surface area contributed by atoms with Gasteiger partial charge in [0.15, 0.2) is 0 Å². The molecule has 0 N–H and O–H groups in total. The Bertz CT molecular complexity index is 1090. The monoisotopic (exact) mass is 400 g/mol. The number of amides is 1. The lowest BCUT2D eigenvalue weighted by molar-refractivity contribution is -0.132. The van der Waals surface area contributed by atoms with Crippen LogP contribution < -0.4 is 10.5 Å². The minimum atomic E-state index is -0.453. The molecule has 1 aromatic heterocycles. The van der Waals surface area contributed by atoms with Crippen molar-refractivity contribution in [3.63, 3.8) is 0 Å². The third-order valence-electron chi connectivity index (χ3n) is 4.90. The van der Waals surface area contributed by atoms with Gasteiger partial charge in [-0.3, -0.25) is 14.2 Å². The van der Waals surface area contributed by atoms with E-state index >= 15 is 0 Å². The second-order valence-corrected chi connectivity index (χ2v) is 7.12. The first-order valence-electron chi connectivity index (χ1n) is 8.94. The molecule has 0 radical (unpaired) electrons. The first kappa shape index (κ1) is 18.4. The summed E-state index contributed by atoms with van der Waals surface area (Å²) in [5.74, 6) is -0.595. The highest BCUT2D eigenvalue weighted by Crippen LogP contribution is 2.20. The maximum Gasteiger partial charge on any atom is 0.261 e. The van der Waals surface area contributed by atoms with Gasteiger partial charge >= 0.3 is 0 Å². The van der Waals surface area contributed by atoms with Crippen LogP contribution >= 0.6 is 11.6 Å². The van der Waals surface area contributed by atoms with Gasteiger partial charge in [-0.25, -0.2) is 9.37 Å². The molecule has 4 rings (SSSR count). The van der Waals surface area contributed by atoms with Crippen LogP contribution in [0.1, 0.15) is 0 Å². The molecule has 0 aliphatic carbocycles. The van der Waals surface area contributed by atoms with Gasteiger partial charge in [-0.05, 0) is 30.3 Å². The summed E-state index contributed by atoms with van der Waals surface area (Å²) < 4.78 is 14.5. The molecule has 1 aliphatic rings. The highest BCUT2D eigenvalue weighted by molar-refractivity contribution is 6.30. The average molecular weight is 401 g/mol. The quantitative estimate of drug-likeness (QED) is 0.678. The zero-order chi connectivity index (χ0) is 19.7. The molecule has 144 valence electrons. The van der Waals surface area contributed by atoms with Crippen molar-refractivity contribution in [2.24, 2.45) is 0 Å². The van der Waals surface area contributed by atoms with Gasteiger partial charge in [0.05, 0.1) is 17.2 Å². The summed E-state index contributed by atoms with van der Waals surface area (Å²) in [6.45, 7) is 2.42. The first-order chi connectivity index (χ1) is 13.5. The standard InChI is InChI=1S/C20H18ClFN4O2/c21-14-2-1-3-16(10-14)24-6-8-25(9-7-24)19(27)12-26-13-23-18-11-15(22)4-5-17(18)20(26)28/h1-5,10-11,13H,6-9,12H2. The Labute approximate surface area is 165 Å². The largest absolute Gasteiger partial charge is 0.368 e. The molecule has 2 heterocycles. The Morgan fingerprint density at radius 1 is 1.11 bits per heavy atom. The lowest BCUT2D eigenvalue weighted by atomic mass is 10.2. The lowest BCUT2D eigenvalue weighted by Crippen LogP contribution is -2.50. The zero-order valence-corrected chi connectivity index (χ0v) is 15.8. The molecule has 0 unspecified atom stereocenters. The van der Waals surface area contributed by atoms with Crippen molar-refractivity contribution in [3.05, 3.63) is 70.0 Å². The van der Waals surface area contributed by atoms with E-state index < -0.39 is 5.82 Å². The number of hydrogen-bond donors (Lipinski definition) is 0. The van der Waals surface area contributed by atoms with E-state index in [1.54, 1.807) is 4.90 Å². The maximum atomic E-state index is 13.3. The Morgan fingerprint density at radius 3 is 2.64 bits per heavy atom. The number of piperazine rings is 1. The van der Waals surface area contributed by atoms with Gasteiger partial charge in [-0.2, -0.15) is 0 Å². The summed E-state index contributed by atoms with van der Waals surface area (Å²) in [6, 6.07) is 11.4. The molecular weight excluding hydrogens is 383 g/mol. The number of carbonyl (C=O) groups excluding carboxylic acids is 1. The topological polar surface area (TPSA) is 58.4 Å². The fraction of sp³-hybridized carbons (Fsp3) is 0.250. The van der Waals surface area contributed by atoms with E-state index in [2.05, 4.69) is 9.88 Å². The van der Waals surface area contributed by atoms with Crippen LogP contribution in [-0.4, -0.2) is 46.5 Å². The number of fused-ring (bicyclic) bond motifs is 1. The summed E-state index contributed by atoms with van der Waals surface area (Å²) in [7, 11) is 0. The number of anilines is 1. The van der Waals surface area contributed by atoms with Crippen LogP contribution in [0.3, 0.4) is 0 Å². The molecule has 0 spiro atoms. The number of aromatic nitrogens is 2. The first-order valence-corrected chi connectivity index (χ1v) is 9.32. The van der Waals surface area contributed by atoms with Crippen LogP contribution in [0.25, 0.3) is 10.9 Å². The smallest absolute Gasteiger partial charge is 0.261 e. The van der Waals surface area contributed by atoms with Crippen molar-refractivity contribution in [2.75, 3.05) is 31.1 Å². The van der Waals surface area contributed by atoms with Crippen LogP contribution in [-0.2, 0) is 11.3 Å². The zero-order valence-electron chi connectivity index (χ0n) is 15.0. The third-order valence-corrected chi connectivity index (χ3v) is 5.13.